The summed E-state index contributed by atoms with van der Waals surface area (Å²) in [7, 11) is -3.95. The first-order valence-corrected chi connectivity index (χ1v) is 17.2. The Morgan fingerprint density at radius 2 is 1.88 bits per heavy atom. The summed E-state index contributed by atoms with van der Waals surface area (Å²) >= 11 is 6.31. The van der Waals surface area contributed by atoms with Gasteiger partial charge in [0.1, 0.15) is 12.4 Å². The molecular weight excluding hydrogens is 572 g/mol. The Labute approximate surface area is 255 Å². The van der Waals surface area contributed by atoms with E-state index in [1.807, 2.05) is 51.1 Å². The summed E-state index contributed by atoms with van der Waals surface area (Å²) in [4.78, 5) is 15.7. The van der Waals surface area contributed by atoms with Crippen LogP contribution < -0.4 is 14.4 Å². The Kier molecular flexibility index (Phi) is 9.55. The molecule has 0 saturated heterocycles. The second-order valence-electron chi connectivity index (χ2n) is 12.3. The summed E-state index contributed by atoms with van der Waals surface area (Å²) in [6, 6.07) is 11.1. The lowest BCUT2D eigenvalue weighted by Crippen LogP contribution is -2.44. The molecule has 0 radical (unpaired) electrons. The highest BCUT2D eigenvalue weighted by Crippen LogP contribution is 2.41. The third kappa shape index (κ3) is 6.66. The van der Waals surface area contributed by atoms with Crippen molar-refractivity contribution in [1.29, 1.82) is 0 Å². The molecule has 2 aromatic carbocycles. The molecule has 0 spiro atoms. The first-order chi connectivity index (χ1) is 20.1. The van der Waals surface area contributed by atoms with Crippen molar-refractivity contribution < 1.29 is 23.1 Å². The zero-order valence-corrected chi connectivity index (χ0v) is 26.3. The molecule has 2 N–H and O–H groups in total. The molecule has 7 nitrogen and oxygen atoms in total. The maximum atomic E-state index is 13.5. The highest BCUT2D eigenvalue weighted by atomic mass is 35.5. The van der Waals surface area contributed by atoms with Gasteiger partial charge in [-0.05, 0) is 104 Å². The van der Waals surface area contributed by atoms with Crippen molar-refractivity contribution >= 4 is 33.2 Å². The van der Waals surface area contributed by atoms with E-state index in [-0.39, 0.29) is 23.3 Å². The van der Waals surface area contributed by atoms with Crippen LogP contribution in [0.25, 0.3) is 0 Å². The Bertz CT molecular complexity index is 1430. The fourth-order valence-corrected chi connectivity index (χ4v) is 8.69. The first kappa shape index (κ1) is 30.9. The van der Waals surface area contributed by atoms with Crippen LogP contribution in [0.1, 0.15) is 74.4 Å². The molecule has 1 aliphatic carbocycles. The number of carbonyl (C=O) groups excluding carboxylic acids is 1. The van der Waals surface area contributed by atoms with Crippen molar-refractivity contribution in [1.82, 2.24) is 4.72 Å². The van der Waals surface area contributed by atoms with Crippen molar-refractivity contribution in [2.75, 3.05) is 18.0 Å². The summed E-state index contributed by atoms with van der Waals surface area (Å²) < 4.78 is 35.7. The number of aryl methyl sites for hydroxylation is 1. The smallest absolute Gasteiger partial charge is 0.264 e. The Balaban J connectivity index is 1.55. The van der Waals surface area contributed by atoms with E-state index in [1.165, 1.54) is 5.56 Å². The molecule has 5 rings (SSSR count). The number of nitrogens with zero attached hydrogens (tertiary/aromatic N) is 1. The third-order valence-corrected chi connectivity index (χ3v) is 11.9. The first-order valence-electron chi connectivity index (χ1n) is 15.3. The molecule has 0 aromatic heterocycles. The quantitative estimate of drug-likeness (QED) is 0.375. The topological polar surface area (TPSA) is 95.9 Å². The predicted molar refractivity (Wildman–Crippen MR) is 168 cm³/mol. The summed E-state index contributed by atoms with van der Waals surface area (Å²) in [6.07, 6.45) is 8.32. The van der Waals surface area contributed by atoms with Crippen LogP contribution in [0.5, 0.6) is 5.75 Å². The number of nitrogens with one attached hydrogen (secondary N) is 1. The summed E-state index contributed by atoms with van der Waals surface area (Å²) in [5.74, 6) is 0.0930. The van der Waals surface area contributed by atoms with Crippen LogP contribution in [0, 0.1) is 23.7 Å². The molecule has 2 heterocycles. The molecule has 1 fully saturated rings. The molecule has 9 heteroatoms. The number of carbonyl (C=O) groups is 1. The number of amides is 1. The summed E-state index contributed by atoms with van der Waals surface area (Å²) in [6.45, 7) is 7.52. The normalized spacial score (nSPS) is 30.8. The number of fused-ring (bicyclic) bond motifs is 3. The lowest BCUT2D eigenvalue weighted by atomic mass is 9.70. The van der Waals surface area contributed by atoms with Gasteiger partial charge in [-0.3, -0.25) is 4.79 Å². The molecule has 2 aromatic rings. The average Bonchev–Trinajstić information content (AvgIpc) is 2.96. The number of allylic oxidation sites excluding steroid dienone is 1. The highest BCUT2D eigenvalue weighted by molar-refractivity contribution is 7.90. The van der Waals surface area contributed by atoms with E-state index in [0.29, 0.717) is 29.7 Å². The van der Waals surface area contributed by atoms with Gasteiger partial charge in [-0.15, -0.1) is 0 Å². The molecule has 1 amide bonds. The van der Waals surface area contributed by atoms with Gasteiger partial charge in [-0.25, -0.2) is 13.1 Å². The van der Waals surface area contributed by atoms with Crippen molar-refractivity contribution in [2.24, 2.45) is 23.7 Å². The molecule has 2 bridgehead atoms. The van der Waals surface area contributed by atoms with Gasteiger partial charge in [0.25, 0.3) is 5.91 Å². The fourth-order valence-electron chi connectivity index (χ4n) is 6.72. The number of aliphatic hydroxyl groups excluding tert-OH is 1. The fraction of sp³-hybridized carbons (Fsp3) is 0.545. The van der Waals surface area contributed by atoms with Gasteiger partial charge in [0.05, 0.1) is 17.0 Å². The maximum absolute atomic E-state index is 13.5. The summed E-state index contributed by atoms with van der Waals surface area (Å²) in [5.41, 5.74) is 3.30. The average molecular weight is 615 g/mol. The number of hydrogen-bond donors (Lipinski definition) is 2. The standard InChI is InChI=1S/C33H43ClN2O5S/c1-4-32-22(3)21(2)8-14-30(37)28-13-10-25(28)19-36-16-6-5-7-23-17-27(34)12-9-26(23)20-41-31-15-11-24(18-29(31)36)33(38)35-42(32,39)40/h8-9,11-12,14-15,17-18,21-22,25,28,30,32,37H,4-7,10,13,16,19-20H2,1-3H3,(H,35,38)/b14-8+/t21-,22-,25-,28+,30-,32+/m0/s1. The number of sulfonamides is 1. The largest absolute Gasteiger partial charge is 0.487 e. The second kappa shape index (κ2) is 13.0. The van der Waals surface area contributed by atoms with E-state index in [0.717, 1.165) is 56.4 Å². The maximum Gasteiger partial charge on any atom is 0.264 e. The Hall–Kier alpha value is -2.55. The molecule has 1 saturated carbocycles. The molecule has 6 atom stereocenters. The van der Waals surface area contributed by atoms with Crippen molar-refractivity contribution in [3.8, 4) is 5.75 Å². The van der Waals surface area contributed by atoms with Crippen molar-refractivity contribution in [3.05, 3.63) is 70.3 Å². The molecular formula is C33H43ClN2O5S. The van der Waals surface area contributed by atoms with Gasteiger partial charge in [0.2, 0.25) is 10.0 Å². The van der Waals surface area contributed by atoms with E-state index >= 15 is 0 Å². The van der Waals surface area contributed by atoms with Crippen LogP contribution in [0.15, 0.2) is 48.6 Å². The number of aliphatic hydroxyl groups is 1. The summed E-state index contributed by atoms with van der Waals surface area (Å²) in [5, 5.41) is 11.1. The molecule has 42 heavy (non-hydrogen) atoms. The number of halogens is 1. The second-order valence-corrected chi connectivity index (χ2v) is 14.6. The van der Waals surface area contributed by atoms with Gasteiger partial charge >= 0.3 is 0 Å². The molecule has 2 aliphatic heterocycles. The van der Waals surface area contributed by atoms with Gasteiger partial charge in [0.15, 0.2) is 0 Å². The lowest BCUT2D eigenvalue weighted by Gasteiger charge is -2.42. The van der Waals surface area contributed by atoms with Crippen LogP contribution in [-0.2, 0) is 23.1 Å². The minimum Gasteiger partial charge on any atom is -0.487 e. The Morgan fingerprint density at radius 3 is 2.62 bits per heavy atom. The van der Waals surface area contributed by atoms with E-state index in [4.69, 9.17) is 16.3 Å². The molecule has 3 aliphatic rings. The van der Waals surface area contributed by atoms with Gasteiger partial charge in [-0.2, -0.15) is 0 Å². The number of benzene rings is 2. The van der Waals surface area contributed by atoms with Gasteiger partial charge < -0.3 is 14.7 Å². The SMILES string of the molecule is CC[C@@H]1[C@@H](C)[C@@H](C)/C=C/[C@H](O)[C@@H]2CC[C@H]2CN2CCCCc3cc(Cl)ccc3COc3ccc(cc32)C(=O)NS1(=O)=O. The minimum atomic E-state index is -3.95. The van der Waals surface area contributed by atoms with Crippen LogP contribution >= 0.6 is 11.6 Å². The molecule has 0 unspecified atom stereocenters. The lowest BCUT2D eigenvalue weighted by molar-refractivity contribution is 0.0459. The van der Waals surface area contributed by atoms with E-state index < -0.39 is 27.3 Å². The van der Waals surface area contributed by atoms with Crippen LogP contribution in [0.3, 0.4) is 0 Å². The van der Waals surface area contributed by atoms with Crippen LogP contribution in [0.4, 0.5) is 5.69 Å². The Morgan fingerprint density at radius 1 is 1.07 bits per heavy atom. The number of anilines is 1. The van der Waals surface area contributed by atoms with Gasteiger partial charge in [0, 0.05) is 23.7 Å². The van der Waals surface area contributed by atoms with Crippen LogP contribution in [-0.4, -0.2) is 43.9 Å². The van der Waals surface area contributed by atoms with Gasteiger partial charge in [-0.1, -0.05) is 50.6 Å². The highest BCUT2D eigenvalue weighted by Gasteiger charge is 2.38. The monoisotopic (exact) mass is 614 g/mol. The zero-order valence-electron chi connectivity index (χ0n) is 24.8. The third-order valence-electron chi connectivity index (χ3n) is 9.67. The van der Waals surface area contributed by atoms with Crippen LogP contribution in [0.2, 0.25) is 5.02 Å². The van der Waals surface area contributed by atoms with Crippen molar-refractivity contribution in [2.45, 2.75) is 77.3 Å². The van der Waals surface area contributed by atoms with Crippen molar-refractivity contribution in [3.63, 3.8) is 0 Å². The minimum absolute atomic E-state index is 0.0873. The number of rotatable bonds is 1. The number of ether oxygens (including phenoxy) is 1. The van der Waals surface area contributed by atoms with E-state index in [2.05, 4.69) is 9.62 Å². The van der Waals surface area contributed by atoms with E-state index in [1.54, 1.807) is 18.2 Å². The number of hydrogen-bond acceptors (Lipinski definition) is 6. The zero-order chi connectivity index (χ0) is 30.0. The van der Waals surface area contributed by atoms with E-state index in [9.17, 15) is 18.3 Å². The predicted octanol–water partition coefficient (Wildman–Crippen LogP) is 6.13. The molecule has 228 valence electrons.